The first-order valence-corrected chi connectivity index (χ1v) is 7.43. The summed E-state index contributed by atoms with van der Waals surface area (Å²) in [5.74, 6) is -0.249. The number of benzene rings is 1. The van der Waals surface area contributed by atoms with Crippen LogP contribution < -0.4 is 15.3 Å². The van der Waals surface area contributed by atoms with Crippen LogP contribution in [-0.4, -0.2) is 33.4 Å². The van der Waals surface area contributed by atoms with Gasteiger partial charge in [0.05, 0.1) is 5.69 Å². The molecule has 2 aromatic rings. The van der Waals surface area contributed by atoms with Crippen molar-refractivity contribution in [1.29, 1.82) is 0 Å². The van der Waals surface area contributed by atoms with Gasteiger partial charge in [0, 0.05) is 19.2 Å². The summed E-state index contributed by atoms with van der Waals surface area (Å²) in [7, 11) is 1.54. The molecule has 9 heteroatoms. The van der Waals surface area contributed by atoms with Gasteiger partial charge >= 0.3 is 12.3 Å². The molecule has 2 heterocycles. The number of hydrogen-bond acceptors (Lipinski definition) is 4. The quantitative estimate of drug-likeness (QED) is 0.839. The largest absolute Gasteiger partial charge is 0.434 e. The minimum Gasteiger partial charge on any atom is -0.434 e. The van der Waals surface area contributed by atoms with Crippen LogP contribution >= 0.6 is 0 Å². The van der Waals surface area contributed by atoms with Gasteiger partial charge < -0.3 is 9.64 Å². The second-order valence-electron chi connectivity index (χ2n) is 5.46. The number of carbonyl (C=O) groups excluding carboxylic acids is 1. The third-order valence-corrected chi connectivity index (χ3v) is 3.90. The first-order chi connectivity index (χ1) is 11.5. The number of ether oxygens (including phenoxy) is 1. The van der Waals surface area contributed by atoms with Crippen molar-refractivity contribution in [3.63, 3.8) is 0 Å². The average molecular weight is 338 g/mol. The minimum absolute atomic E-state index is 0.0787. The van der Waals surface area contributed by atoms with Crippen molar-refractivity contribution >= 4 is 11.6 Å². The Labute approximate surface area is 136 Å². The topological polar surface area (TPSA) is 69.4 Å². The van der Waals surface area contributed by atoms with Crippen molar-refractivity contribution in [2.45, 2.75) is 26.0 Å². The van der Waals surface area contributed by atoms with Crippen molar-refractivity contribution in [1.82, 2.24) is 14.3 Å². The number of aromatic nitrogens is 3. The van der Waals surface area contributed by atoms with Crippen LogP contribution in [0.15, 0.2) is 29.3 Å². The third kappa shape index (κ3) is 3.01. The van der Waals surface area contributed by atoms with E-state index in [1.54, 1.807) is 19.2 Å². The fourth-order valence-corrected chi connectivity index (χ4v) is 2.80. The van der Waals surface area contributed by atoms with Crippen molar-refractivity contribution in [2.24, 2.45) is 7.05 Å². The molecular formula is C15H16F2N4O3. The van der Waals surface area contributed by atoms with Crippen LogP contribution in [0.25, 0.3) is 0 Å². The van der Waals surface area contributed by atoms with Gasteiger partial charge in [0.1, 0.15) is 18.6 Å². The highest BCUT2D eigenvalue weighted by atomic mass is 19.3. The molecule has 1 aliphatic heterocycles. The van der Waals surface area contributed by atoms with Crippen molar-refractivity contribution in [3.05, 3.63) is 40.6 Å². The van der Waals surface area contributed by atoms with E-state index in [2.05, 4.69) is 9.84 Å². The smallest absolute Gasteiger partial charge is 0.387 e. The number of aryl methyl sites for hydroxylation is 1. The lowest BCUT2D eigenvalue weighted by Gasteiger charge is -2.30. The molecule has 0 spiro atoms. The molecule has 0 N–H and O–H groups in total. The monoisotopic (exact) mass is 338 g/mol. The third-order valence-electron chi connectivity index (χ3n) is 3.90. The highest BCUT2D eigenvalue weighted by Gasteiger charge is 2.26. The number of rotatable bonds is 4. The summed E-state index contributed by atoms with van der Waals surface area (Å²) < 4.78 is 31.9. The summed E-state index contributed by atoms with van der Waals surface area (Å²) in [6.45, 7) is -2.68. The molecule has 3 rings (SSSR count). The lowest BCUT2D eigenvalue weighted by molar-refractivity contribution is -0.119. The molecule has 0 bridgehead atoms. The van der Waals surface area contributed by atoms with Crippen LogP contribution in [-0.2, 0) is 24.8 Å². The van der Waals surface area contributed by atoms with E-state index >= 15 is 0 Å². The number of alkyl halides is 2. The molecule has 0 aliphatic carbocycles. The van der Waals surface area contributed by atoms with Crippen LogP contribution in [0.3, 0.4) is 0 Å². The van der Waals surface area contributed by atoms with Gasteiger partial charge in [-0.3, -0.25) is 9.36 Å². The zero-order chi connectivity index (χ0) is 17.3. The summed E-state index contributed by atoms with van der Waals surface area (Å²) in [6, 6.07) is 4.71. The zero-order valence-electron chi connectivity index (χ0n) is 13.0. The Morgan fingerprint density at radius 3 is 2.88 bits per heavy atom. The van der Waals surface area contributed by atoms with Gasteiger partial charge in [-0.15, -0.1) is 0 Å². The summed E-state index contributed by atoms with van der Waals surface area (Å²) in [4.78, 5) is 25.8. The molecule has 0 atom stereocenters. The molecule has 0 fully saturated rings. The number of carbonyl (C=O) groups is 1. The maximum Gasteiger partial charge on any atom is 0.387 e. The zero-order valence-corrected chi connectivity index (χ0v) is 13.0. The van der Waals surface area contributed by atoms with Gasteiger partial charge in [0.2, 0.25) is 5.91 Å². The maximum atomic E-state index is 12.6. The van der Waals surface area contributed by atoms with Crippen molar-refractivity contribution in [2.75, 3.05) is 11.4 Å². The van der Waals surface area contributed by atoms with E-state index in [0.717, 1.165) is 4.68 Å². The second kappa shape index (κ2) is 6.42. The highest BCUT2D eigenvalue weighted by molar-refractivity contribution is 5.94. The average Bonchev–Trinajstić information content (AvgIpc) is 2.86. The Morgan fingerprint density at radius 2 is 2.21 bits per heavy atom. The van der Waals surface area contributed by atoms with Crippen LogP contribution in [0.5, 0.6) is 5.75 Å². The Kier molecular flexibility index (Phi) is 4.32. The van der Waals surface area contributed by atoms with E-state index in [1.165, 1.54) is 21.9 Å². The molecule has 0 unspecified atom stereocenters. The van der Waals surface area contributed by atoms with E-state index in [1.807, 2.05) is 0 Å². The van der Waals surface area contributed by atoms with E-state index in [0.29, 0.717) is 30.6 Å². The van der Waals surface area contributed by atoms with Crippen LogP contribution in [0, 0.1) is 0 Å². The number of fused-ring (bicyclic) bond motifs is 1. The molecule has 1 aromatic carbocycles. The van der Waals surface area contributed by atoms with Crippen LogP contribution in [0.1, 0.15) is 12.0 Å². The SMILES string of the molecule is Cn1cnn(CC(=O)N2CCCc3c(OC(F)F)cccc32)c1=O. The molecule has 0 radical (unpaired) electrons. The van der Waals surface area contributed by atoms with Crippen LogP contribution in [0.4, 0.5) is 14.5 Å². The molecule has 24 heavy (non-hydrogen) atoms. The number of halogens is 2. The van der Waals surface area contributed by atoms with Gasteiger partial charge in [-0.1, -0.05) is 6.07 Å². The van der Waals surface area contributed by atoms with Crippen molar-refractivity contribution in [3.8, 4) is 5.75 Å². The predicted octanol–water partition coefficient (Wildman–Crippen LogP) is 1.16. The Balaban J connectivity index is 1.88. The predicted molar refractivity (Wildman–Crippen MR) is 81.2 cm³/mol. The second-order valence-corrected chi connectivity index (χ2v) is 5.46. The normalized spacial score (nSPS) is 13.9. The molecule has 128 valence electrons. The molecule has 1 aromatic heterocycles. The molecule has 0 saturated carbocycles. The lowest BCUT2D eigenvalue weighted by atomic mass is 10.0. The van der Waals surface area contributed by atoms with Gasteiger partial charge in [0.25, 0.3) is 0 Å². The summed E-state index contributed by atoms with van der Waals surface area (Å²) in [5, 5.41) is 3.86. The van der Waals surface area contributed by atoms with E-state index < -0.39 is 12.3 Å². The Hall–Kier alpha value is -2.71. The number of nitrogens with zero attached hydrogens (tertiary/aromatic N) is 4. The van der Waals surface area contributed by atoms with Gasteiger partial charge in [0.15, 0.2) is 0 Å². The summed E-state index contributed by atoms with van der Waals surface area (Å²) in [5.41, 5.74) is 0.717. The number of anilines is 1. The summed E-state index contributed by atoms with van der Waals surface area (Å²) in [6.07, 6.45) is 2.50. The molecule has 0 saturated heterocycles. The number of hydrogen-bond donors (Lipinski definition) is 0. The van der Waals surface area contributed by atoms with Gasteiger partial charge in [-0.2, -0.15) is 13.9 Å². The maximum absolute atomic E-state index is 12.6. The molecular weight excluding hydrogens is 322 g/mol. The van der Waals surface area contributed by atoms with E-state index in [9.17, 15) is 18.4 Å². The fourth-order valence-electron chi connectivity index (χ4n) is 2.80. The van der Waals surface area contributed by atoms with Gasteiger partial charge in [-0.25, -0.2) is 9.48 Å². The standard InChI is InChI=1S/C15H16F2N4O3/c1-19-9-18-21(15(19)23)8-13(22)20-7-3-4-10-11(20)5-2-6-12(10)24-14(16)17/h2,5-6,9,14H,3-4,7-8H2,1H3. The molecule has 1 aliphatic rings. The lowest BCUT2D eigenvalue weighted by Crippen LogP contribution is -2.40. The first kappa shape index (κ1) is 16.2. The van der Waals surface area contributed by atoms with E-state index in [-0.39, 0.29) is 18.2 Å². The molecule has 7 nitrogen and oxygen atoms in total. The van der Waals surface area contributed by atoms with E-state index in [4.69, 9.17) is 0 Å². The minimum atomic E-state index is -2.92. The summed E-state index contributed by atoms with van der Waals surface area (Å²) >= 11 is 0. The van der Waals surface area contributed by atoms with Gasteiger partial charge in [-0.05, 0) is 25.0 Å². The van der Waals surface area contributed by atoms with Crippen molar-refractivity contribution < 1.29 is 18.3 Å². The Bertz CT molecular complexity index is 815. The number of amides is 1. The van der Waals surface area contributed by atoms with Crippen LogP contribution in [0.2, 0.25) is 0 Å². The Morgan fingerprint density at radius 1 is 1.42 bits per heavy atom. The fraction of sp³-hybridized carbons (Fsp3) is 0.400. The first-order valence-electron chi connectivity index (χ1n) is 7.43. The highest BCUT2D eigenvalue weighted by Crippen LogP contribution is 2.35. The molecule has 1 amide bonds.